The second-order valence-electron chi connectivity index (χ2n) is 9.04. The van der Waals surface area contributed by atoms with Crippen LogP contribution >= 0.6 is 0 Å². The molecule has 3 atom stereocenters. The molecule has 3 heterocycles. The fourth-order valence-corrected chi connectivity index (χ4v) is 5.37. The third-order valence-electron chi connectivity index (χ3n) is 7.18. The van der Waals surface area contributed by atoms with Gasteiger partial charge in [0.2, 0.25) is 18.6 Å². The summed E-state index contributed by atoms with van der Waals surface area (Å²) in [7, 11) is 0. The molecule has 4 amide bonds. The average molecular weight is 443 g/mol. The summed E-state index contributed by atoms with van der Waals surface area (Å²) in [6.07, 6.45) is 1.91. The molecular formula is C23H30N4O5. The van der Waals surface area contributed by atoms with E-state index in [1.807, 2.05) is 17.0 Å². The molecule has 2 saturated heterocycles. The van der Waals surface area contributed by atoms with E-state index in [4.69, 9.17) is 9.47 Å². The lowest BCUT2D eigenvalue weighted by atomic mass is 9.76. The number of hydrogen-bond donors (Lipinski definition) is 1. The third-order valence-corrected chi connectivity index (χ3v) is 7.18. The number of piperazine rings is 1. The highest BCUT2D eigenvalue weighted by Crippen LogP contribution is 2.35. The first-order chi connectivity index (χ1) is 15.5. The number of fused-ring (bicyclic) bond motifs is 2. The molecule has 0 spiro atoms. The van der Waals surface area contributed by atoms with Gasteiger partial charge in [-0.05, 0) is 43.9 Å². The van der Waals surface area contributed by atoms with Crippen molar-refractivity contribution in [1.82, 2.24) is 20.0 Å². The number of imide groups is 1. The van der Waals surface area contributed by atoms with Crippen molar-refractivity contribution in [1.29, 1.82) is 0 Å². The molecule has 9 nitrogen and oxygen atoms in total. The Kier molecular flexibility index (Phi) is 5.67. The highest BCUT2D eigenvalue weighted by Gasteiger charge is 2.45. The molecule has 0 bridgehead atoms. The number of amides is 4. The molecule has 0 radical (unpaired) electrons. The lowest BCUT2D eigenvalue weighted by Gasteiger charge is -2.43. The zero-order valence-corrected chi connectivity index (χ0v) is 18.4. The van der Waals surface area contributed by atoms with Gasteiger partial charge in [-0.2, -0.15) is 0 Å². The average Bonchev–Trinajstić information content (AvgIpc) is 3.27. The van der Waals surface area contributed by atoms with E-state index in [2.05, 4.69) is 16.3 Å². The quantitative estimate of drug-likeness (QED) is 0.758. The van der Waals surface area contributed by atoms with Crippen LogP contribution in [0.5, 0.6) is 11.5 Å². The van der Waals surface area contributed by atoms with Gasteiger partial charge in [0.05, 0.1) is 5.92 Å². The molecule has 1 aromatic rings. The van der Waals surface area contributed by atoms with Gasteiger partial charge in [-0.25, -0.2) is 4.79 Å². The molecule has 4 aliphatic rings. The molecule has 3 unspecified atom stereocenters. The van der Waals surface area contributed by atoms with Crippen molar-refractivity contribution in [2.75, 3.05) is 39.5 Å². The molecule has 3 aliphatic heterocycles. The van der Waals surface area contributed by atoms with Gasteiger partial charge in [-0.15, -0.1) is 0 Å². The topological polar surface area (TPSA) is 91.4 Å². The fourth-order valence-electron chi connectivity index (χ4n) is 5.37. The van der Waals surface area contributed by atoms with Gasteiger partial charge in [0.25, 0.3) is 0 Å². The van der Waals surface area contributed by atoms with Crippen molar-refractivity contribution in [3.63, 3.8) is 0 Å². The number of benzene rings is 1. The molecule has 172 valence electrons. The van der Waals surface area contributed by atoms with E-state index in [-0.39, 0.29) is 42.5 Å². The summed E-state index contributed by atoms with van der Waals surface area (Å²) >= 11 is 0. The van der Waals surface area contributed by atoms with E-state index in [9.17, 15) is 14.4 Å². The monoisotopic (exact) mass is 442 g/mol. The molecule has 1 saturated carbocycles. The van der Waals surface area contributed by atoms with Gasteiger partial charge in [-0.1, -0.05) is 6.07 Å². The highest BCUT2D eigenvalue weighted by molar-refractivity contribution is 5.99. The number of carbonyl (C=O) groups is 3. The van der Waals surface area contributed by atoms with Gasteiger partial charge in [0, 0.05) is 51.2 Å². The summed E-state index contributed by atoms with van der Waals surface area (Å²) < 4.78 is 10.8. The Morgan fingerprint density at radius 2 is 1.88 bits per heavy atom. The molecule has 5 rings (SSSR count). The Bertz CT molecular complexity index is 914. The first kappa shape index (κ1) is 21.1. The Labute approximate surface area is 187 Å². The third kappa shape index (κ3) is 3.90. The number of urea groups is 1. The predicted octanol–water partition coefficient (Wildman–Crippen LogP) is 1.42. The number of rotatable bonds is 4. The number of nitrogens with zero attached hydrogens (tertiary/aromatic N) is 3. The minimum Gasteiger partial charge on any atom is -0.454 e. The maximum absolute atomic E-state index is 13.2. The molecular weight excluding hydrogens is 412 g/mol. The van der Waals surface area contributed by atoms with Crippen molar-refractivity contribution in [2.24, 2.45) is 11.8 Å². The first-order valence-corrected chi connectivity index (χ1v) is 11.5. The van der Waals surface area contributed by atoms with Crippen LogP contribution in [0.3, 0.4) is 0 Å². The lowest BCUT2D eigenvalue weighted by molar-refractivity contribution is -0.143. The summed E-state index contributed by atoms with van der Waals surface area (Å²) in [6.45, 7) is 6.31. The summed E-state index contributed by atoms with van der Waals surface area (Å²) in [6, 6.07) is 5.47. The Hall–Kier alpha value is -2.81. The Morgan fingerprint density at radius 3 is 2.66 bits per heavy atom. The Balaban J connectivity index is 1.13. The SMILES string of the molecule is CCN1C(=O)NC2CC(C(=O)N3CCN(Cc4ccc5c(c4)OCO5)CC3)CCC2C1=O. The van der Waals surface area contributed by atoms with Crippen LogP contribution in [-0.2, 0) is 16.1 Å². The van der Waals surface area contributed by atoms with Crippen LogP contribution in [0.15, 0.2) is 18.2 Å². The van der Waals surface area contributed by atoms with Crippen molar-refractivity contribution in [3.8, 4) is 11.5 Å². The zero-order chi connectivity index (χ0) is 22.2. The maximum atomic E-state index is 13.2. The lowest BCUT2D eigenvalue weighted by Crippen LogP contribution is -2.62. The molecule has 1 aromatic carbocycles. The van der Waals surface area contributed by atoms with E-state index in [1.54, 1.807) is 6.92 Å². The standard InChI is InChI=1S/C23H30N4O5/c1-2-27-22(29)17-5-4-16(12-18(17)24-23(27)30)21(28)26-9-7-25(8-10-26)13-15-3-6-19-20(11-15)32-14-31-19/h3,6,11,16-18H,2,4-5,7-10,12-14H2,1H3,(H,24,30). The van der Waals surface area contributed by atoms with Gasteiger partial charge >= 0.3 is 6.03 Å². The van der Waals surface area contributed by atoms with E-state index >= 15 is 0 Å². The largest absolute Gasteiger partial charge is 0.454 e. The smallest absolute Gasteiger partial charge is 0.324 e. The molecule has 3 fully saturated rings. The van der Waals surface area contributed by atoms with Gasteiger partial charge < -0.3 is 19.7 Å². The first-order valence-electron chi connectivity index (χ1n) is 11.5. The van der Waals surface area contributed by atoms with Crippen LogP contribution in [0.2, 0.25) is 0 Å². The van der Waals surface area contributed by atoms with Crippen molar-refractivity contribution < 1.29 is 23.9 Å². The second-order valence-corrected chi connectivity index (χ2v) is 9.04. The number of carbonyl (C=O) groups excluding carboxylic acids is 3. The molecule has 9 heteroatoms. The maximum Gasteiger partial charge on any atom is 0.324 e. The number of ether oxygens (including phenoxy) is 2. The normalized spacial score (nSPS) is 27.8. The van der Waals surface area contributed by atoms with Gasteiger partial charge in [0.1, 0.15) is 0 Å². The van der Waals surface area contributed by atoms with Crippen LogP contribution in [0, 0.1) is 11.8 Å². The summed E-state index contributed by atoms with van der Waals surface area (Å²) in [5, 5.41) is 2.96. The van der Waals surface area contributed by atoms with Crippen molar-refractivity contribution in [2.45, 2.75) is 38.8 Å². The minimum absolute atomic E-state index is 0.0933. The van der Waals surface area contributed by atoms with E-state index in [0.717, 1.165) is 31.1 Å². The Morgan fingerprint density at radius 1 is 1.09 bits per heavy atom. The zero-order valence-electron chi connectivity index (χ0n) is 18.4. The molecule has 0 aromatic heterocycles. The van der Waals surface area contributed by atoms with Crippen LogP contribution < -0.4 is 14.8 Å². The van der Waals surface area contributed by atoms with Crippen LogP contribution in [-0.4, -0.2) is 78.1 Å². The fraction of sp³-hybridized carbons (Fsp3) is 0.609. The molecule has 1 aliphatic carbocycles. The van der Waals surface area contributed by atoms with Crippen LogP contribution in [0.25, 0.3) is 0 Å². The van der Waals surface area contributed by atoms with Gasteiger partial charge in [-0.3, -0.25) is 19.4 Å². The summed E-state index contributed by atoms with van der Waals surface area (Å²) in [5.41, 5.74) is 1.17. The molecule has 1 N–H and O–H groups in total. The predicted molar refractivity (Wildman–Crippen MR) is 115 cm³/mol. The van der Waals surface area contributed by atoms with E-state index in [0.29, 0.717) is 38.9 Å². The van der Waals surface area contributed by atoms with Gasteiger partial charge in [0.15, 0.2) is 11.5 Å². The van der Waals surface area contributed by atoms with E-state index in [1.165, 1.54) is 10.5 Å². The minimum atomic E-state index is -0.330. The van der Waals surface area contributed by atoms with Crippen molar-refractivity contribution in [3.05, 3.63) is 23.8 Å². The van der Waals surface area contributed by atoms with Crippen molar-refractivity contribution >= 4 is 17.8 Å². The summed E-state index contributed by atoms with van der Waals surface area (Å²) in [4.78, 5) is 43.5. The number of hydrogen-bond acceptors (Lipinski definition) is 6. The number of nitrogens with one attached hydrogen (secondary N) is 1. The van der Waals surface area contributed by atoms with E-state index < -0.39 is 0 Å². The van der Waals surface area contributed by atoms with Crippen LogP contribution in [0.1, 0.15) is 31.7 Å². The summed E-state index contributed by atoms with van der Waals surface area (Å²) in [5.74, 6) is 1.32. The molecule has 32 heavy (non-hydrogen) atoms. The van der Waals surface area contributed by atoms with Crippen LogP contribution in [0.4, 0.5) is 4.79 Å². The highest BCUT2D eigenvalue weighted by atomic mass is 16.7. The second kappa shape index (κ2) is 8.61.